The maximum atomic E-state index is 12.6. The van der Waals surface area contributed by atoms with Gasteiger partial charge in [-0.05, 0) is 51.0 Å². The molecule has 1 aliphatic rings. The van der Waals surface area contributed by atoms with Crippen LogP contribution in [0.4, 0.5) is 0 Å². The summed E-state index contributed by atoms with van der Waals surface area (Å²) >= 11 is -1.11. The molecule has 3 rings (SSSR count). The molecule has 4 nitrogen and oxygen atoms in total. The van der Waals surface area contributed by atoms with Crippen LogP contribution in [-0.4, -0.2) is 21.4 Å². The molecule has 5 heteroatoms. The first-order chi connectivity index (χ1) is 10.9. The van der Waals surface area contributed by atoms with E-state index in [0.29, 0.717) is 11.8 Å². The van der Waals surface area contributed by atoms with Crippen LogP contribution in [0.1, 0.15) is 45.2 Å². The number of hydrogen-bond donors (Lipinski definition) is 1. The molecule has 0 saturated heterocycles. The standard InChI is InChI=1S/C18H24N2O2S/c1-18(2,3)23(21)20-16(12-9-10-12)15-11-19-17(22-4)14-8-6-5-7-13(14)15/h5-8,11-12,16,20H,9-10H2,1-4H3/t16?,23-/m0/s1. The van der Waals surface area contributed by atoms with Gasteiger partial charge in [-0.3, -0.25) is 0 Å². The maximum Gasteiger partial charge on any atom is 0.221 e. The van der Waals surface area contributed by atoms with Gasteiger partial charge in [0, 0.05) is 28.5 Å². The van der Waals surface area contributed by atoms with Gasteiger partial charge in [-0.1, -0.05) is 18.2 Å². The van der Waals surface area contributed by atoms with Crippen molar-refractivity contribution in [1.29, 1.82) is 0 Å². The monoisotopic (exact) mass is 332 g/mol. The average molecular weight is 332 g/mol. The van der Waals surface area contributed by atoms with Gasteiger partial charge in [0.25, 0.3) is 0 Å². The molecule has 1 N–H and O–H groups in total. The molecule has 1 aliphatic carbocycles. The summed E-state index contributed by atoms with van der Waals surface area (Å²) in [5, 5.41) is 2.12. The highest BCUT2D eigenvalue weighted by molar-refractivity contribution is 7.90. The number of pyridine rings is 1. The molecular weight excluding hydrogens is 308 g/mol. The quantitative estimate of drug-likeness (QED) is 0.847. The zero-order chi connectivity index (χ0) is 16.6. The Bertz CT molecular complexity index is 695. The molecule has 1 fully saturated rings. The molecule has 2 aromatic rings. The third-order valence-electron chi connectivity index (χ3n) is 4.20. The number of ether oxygens (including phenoxy) is 1. The lowest BCUT2D eigenvalue weighted by molar-refractivity contribution is 0.402. The van der Waals surface area contributed by atoms with Crippen LogP contribution in [0.25, 0.3) is 10.8 Å². The fraction of sp³-hybridized carbons (Fsp3) is 0.500. The smallest absolute Gasteiger partial charge is 0.221 e. The van der Waals surface area contributed by atoms with Gasteiger partial charge < -0.3 is 9.29 Å². The van der Waals surface area contributed by atoms with Gasteiger partial charge in [0.1, 0.15) is 4.75 Å². The fourth-order valence-corrected chi connectivity index (χ4v) is 3.64. The summed E-state index contributed by atoms with van der Waals surface area (Å²) in [4.78, 5) is 4.46. The average Bonchev–Trinajstić information content (AvgIpc) is 3.35. The predicted molar refractivity (Wildman–Crippen MR) is 94.8 cm³/mol. The van der Waals surface area contributed by atoms with Gasteiger partial charge in [0.05, 0.1) is 13.2 Å². The predicted octanol–water partition coefficient (Wildman–Crippen LogP) is 3.75. The van der Waals surface area contributed by atoms with E-state index in [2.05, 4.69) is 15.8 Å². The zero-order valence-corrected chi connectivity index (χ0v) is 14.9. The number of aromatic nitrogens is 1. The molecule has 0 aliphatic heterocycles. The van der Waals surface area contributed by atoms with Crippen LogP contribution in [0, 0.1) is 5.92 Å². The normalized spacial score (nSPS) is 18.0. The van der Waals surface area contributed by atoms with Crippen LogP contribution in [0.5, 0.6) is 5.88 Å². The zero-order valence-electron chi connectivity index (χ0n) is 14.1. The van der Waals surface area contributed by atoms with Gasteiger partial charge in [-0.25, -0.2) is 4.98 Å². The summed E-state index contributed by atoms with van der Waals surface area (Å²) < 4.78 is 21.0. The summed E-state index contributed by atoms with van der Waals surface area (Å²) in [6.45, 7) is 5.97. The Hall–Kier alpha value is -1.30. The number of rotatable bonds is 5. The van der Waals surface area contributed by atoms with Crippen LogP contribution < -0.4 is 9.46 Å². The molecule has 1 heterocycles. The Morgan fingerprint density at radius 2 is 1.91 bits per heavy atom. The minimum atomic E-state index is -1.11. The van der Waals surface area contributed by atoms with E-state index < -0.39 is 11.4 Å². The van der Waals surface area contributed by atoms with Crippen molar-refractivity contribution in [2.24, 2.45) is 5.92 Å². The number of benzene rings is 1. The minimum absolute atomic E-state index is 0.0679. The second-order valence-electron chi connectivity index (χ2n) is 7.08. The Kier molecular flexibility index (Phi) is 4.54. The molecule has 1 aromatic heterocycles. The van der Waals surface area contributed by atoms with Crippen LogP contribution in [0.2, 0.25) is 0 Å². The Morgan fingerprint density at radius 1 is 1.26 bits per heavy atom. The molecule has 0 radical (unpaired) electrons. The lowest BCUT2D eigenvalue weighted by Crippen LogP contribution is -2.42. The fourth-order valence-electron chi connectivity index (χ4n) is 2.73. The maximum absolute atomic E-state index is 12.6. The molecule has 1 aromatic carbocycles. The largest absolute Gasteiger partial charge is 0.598 e. The van der Waals surface area contributed by atoms with E-state index in [4.69, 9.17) is 4.74 Å². The Morgan fingerprint density at radius 3 is 2.48 bits per heavy atom. The number of nitrogens with one attached hydrogen (secondary N) is 1. The van der Waals surface area contributed by atoms with Crippen LogP contribution >= 0.6 is 0 Å². The van der Waals surface area contributed by atoms with Crippen LogP contribution in [-0.2, 0) is 11.4 Å². The van der Waals surface area contributed by atoms with E-state index >= 15 is 0 Å². The van der Waals surface area contributed by atoms with Crippen molar-refractivity contribution < 1.29 is 9.29 Å². The third kappa shape index (κ3) is 3.47. The summed E-state index contributed by atoms with van der Waals surface area (Å²) in [6, 6.07) is 8.19. The van der Waals surface area contributed by atoms with Crippen molar-refractivity contribution in [1.82, 2.24) is 9.71 Å². The molecule has 0 spiro atoms. The first-order valence-electron chi connectivity index (χ1n) is 8.01. The molecule has 23 heavy (non-hydrogen) atoms. The number of hydrogen-bond acceptors (Lipinski definition) is 4. The molecule has 124 valence electrons. The van der Waals surface area contributed by atoms with E-state index in [1.54, 1.807) is 7.11 Å². The van der Waals surface area contributed by atoms with E-state index in [1.165, 1.54) is 12.8 Å². The topological polar surface area (TPSA) is 57.2 Å². The van der Waals surface area contributed by atoms with Crippen molar-refractivity contribution in [2.45, 2.75) is 44.4 Å². The number of nitrogens with zero attached hydrogens (tertiary/aromatic N) is 1. The second-order valence-corrected chi connectivity index (χ2v) is 9.08. The van der Waals surface area contributed by atoms with Crippen molar-refractivity contribution in [3.8, 4) is 5.88 Å². The molecule has 2 atom stereocenters. The van der Waals surface area contributed by atoms with E-state index in [0.717, 1.165) is 16.3 Å². The van der Waals surface area contributed by atoms with Crippen molar-refractivity contribution >= 4 is 22.1 Å². The highest BCUT2D eigenvalue weighted by Gasteiger charge is 2.39. The summed E-state index contributed by atoms with van der Waals surface area (Å²) in [5.74, 6) is 1.16. The SMILES string of the molecule is COc1ncc(C(N[S@@+]([O-])C(C)(C)C)C2CC2)c2ccccc12. The Labute approximate surface area is 141 Å². The number of methoxy groups -OCH3 is 1. The van der Waals surface area contributed by atoms with Gasteiger partial charge in [-0.2, -0.15) is 0 Å². The van der Waals surface area contributed by atoms with E-state index in [9.17, 15) is 4.55 Å². The van der Waals surface area contributed by atoms with Crippen LogP contribution in [0.3, 0.4) is 0 Å². The van der Waals surface area contributed by atoms with E-state index in [1.807, 2.05) is 45.2 Å². The lowest BCUT2D eigenvalue weighted by Gasteiger charge is -2.28. The molecule has 1 saturated carbocycles. The molecule has 0 bridgehead atoms. The first kappa shape index (κ1) is 16.6. The van der Waals surface area contributed by atoms with E-state index in [-0.39, 0.29) is 10.8 Å². The lowest BCUT2D eigenvalue weighted by atomic mass is 9.99. The van der Waals surface area contributed by atoms with Gasteiger partial charge in [-0.15, -0.1) is 4.72 Å². The van der Waals surface area contributed by atoms with Gasteiger partial charge in [0.15, 0.2) is 0 Å². The van der Waals surface area contributed by atoms with Gasteiger partial charge >= 0.3 is 0 Å². The van der Waals surface area contributed by atoms with Crippen molar-refractivity contribution in [2.75, 3.05) is 7.11 Å². The highest BCUT2D eigenvalue weighted by Crippen LogP contribution is 2.44. The summed E-state index contributed by atoms with van der Waals surface area (Å²) in [6.07, 6.45) is 4.20. The number of fused-ring (bicyclic) bond motifs is 1. The first-order valence-corrected chi connectivity index (χ1v) is 9.16. The minimum Gasteiger partial charge on any atom is -0.598 e. The third-order valence-corrected chi connectivity index (χ3v) is 5.78. The van der Waals surface area contributed by atoms with Crippen LogP contribution in [0.15, 0.2) is 30.5 Å². The summed E-state index contributed by atoms with van der Waals surface area (Å²) in [7, 11) is 1.64. The molecule has 1 unspecified atom stereocenters. The highest BCUT2D eigenvalue weighted by atomic mass is 32.2. The molecular formula is C18H24N2O2S. The summed E-state index contributed by atoms with van der Waals surface area (Å²) in [5.41, 5.74) is 1.11. The van der Waals surface area contributed by atoms with Gasteiger partial charge in [0.2, 0.25) is 5.88 Å². The van der Waals surface area contributed by atoms with Crippen molar-refractivity contribution in [3.05, 3.63) is 36.0 Å². The molecule has 0 amide bonds. The Balaban J connectivity index is 2.02. The second kappa shape index (κ2) is 6.30. The van der Waals surface area contributed by atoms with Crippen molar-refractivity contribution in [3.63, 3.8) is 0 Å².